The first kappa shape index (κ1) is 19.4. The second kappa shape index (κ2) is 7.51. The van der Waals surface area contributed by atoms with Crippen LogP contribution in [0.25, 0.3) is 0 Å². The summed E-state index contributed by atoms with van der Waals surface area (Å²) in [7, 11) is -3.77. The summed E-state index contributed by atoms with van der Waals surface area (Å²) < 4.78 is 37.4. The van der Waals surface area contributed by atoms with Crippen molar-refractivity contribution in [3.05, 3.63) is 29.8 Å². The van der Waals surface area contributed by atoms with Crippen LogP contribution in [-0.2, 0) is 24.3 Å². The standard InChI is InChI=1S/C16H22N2O6S/c1-10-8-18(9-11(2)23-10)25(21,22)14-6-4-5-13(7-14)16(20)24-12(3)15(17)19/h4-7,10-12H,8-9H2,1-3H3,(H2,17,19). The van der Waals surface area contributed by atoms with Gasteiger partial charge >= 0.3 is 5.97 Å². The van der Waals surface area contributed by atoms with Crippen molar-refractivity contribution in [2.24, 2.45) is 5.73 Å². The Hall–Kier alpha value is -1.97. The van der Waals surface area contributed by atoms with E-state index in [1.165, 1.54) is 35.5 Å². The SMILES string of the molecule is CC1CN(S(=O)(=O)c2cccc(C(=O)OC(C)C(N)=O)c2)CC(C)O1. The van der Waals surface area contributed by atoms with Crippen LogP contribution in [0, 0.1) is 0 Å². The number of nitrogens with zero attached hydrogens (tertiary/aromatic N) is 1. The Morgan fingerprint density at radius 3 is 2.44 bits per heavy atom. The average Bonchev–Trinajstić information content (AvgIpc) is 2.53. The summed E-state index contributed by atoms with van der Waals surface area (Å²) in [6.45, 7) is 5.42. The number of morpholine rings is 1. The van der Waals surface area contributed by atoms with Crippen LogP contribution in [0.4, 0.5) is 0 Å². The molecule has 0 saturated carbocycles. The van der Waals surface area contributed by atoms with Crippen molar-refractivity contribution in [3.8, 4) is 0 Å². The van der Waals surface area contributed by atoms with Crippen molar-refractivity contribution in [2.45, 2.75) is 44.0 Å². The predicted octanol–water partition coefficient (Wildman–Crippen LogP) is 0.515. The third kappa shape index (κ3) is 4.56. The van der Waals surface area contributed by atoms with E-state index in [1.54, 1.807) is 13.8 Å². The van der Waals surface area contributed by atoms with Crippen LogP contribution in [0.1, 0.15) is 31.1 Å². The van der Waals surface area contributed by atoms with Gasteiger partial charge in [-0.15, -0.1) is 0 Å². The van der Waals surface area contributed by atoms with Gasteiger partial charge in [-0.1, -0.05) is 6.07 Å². The Morgan fingerprint density at radius 2 is 1.88 bits per heavy atom. The van der Waals surface area contributed by atoms with Crippen molar-refractivity contribution in [3.63, 3.8) is 0 Å². The third-order valence-electron chi connectivity index (χ3n) is 3.78. The highest BCUT2D eigenvalue weighted by Crippen LogP contribution is 2.22. The van der Waals surface area contributed by atoms with Crippen LogP contribution in [0.5, 0.6) is 0 Å². The maximum Gasteiger partial charge on any atom is 0.338 e. The van der Waals surface area contributed by atoms with Crippen molar-refractivity contribution in [2.75, 3.05) is 13.1 Å². The number of rotatable bonds is 5. The molecule has 8 nitrogen and oxygen atoms in total. The van der Waals surface area contributed by atoms with Crippen LogP contribution in [0.3, 0.4) is 0 Å². The minimum atomic E-state index is -3.77. The first-order chi connectivity index (χ1) is 11.6. The molecule has 1 fully saturated rings. The van der Waals surface area contributed by atoms with Gasteiger partial charge in [-0.2, -0.15) is 4.31 Å². The molecule has 1 saturated heterocycles. The molecule has 1 heterocycles. The Bertz CT molecular complexity index is 754. The molecule has 2 rings (SSSR count). The van der Waals surface area contributed by atoms with Crippen LogP contribution >= 0.6 is 0 Å². The van der Waals surface area contributed by atoms with Gasteiger partial charge in [0, 0.05) is 13.1 Å². The molecular weight excluding hydrogens is 348 g/mol. The van der Waals surface area contributed by atoms with E-state index in [0.29, 0.717) is 0 Å². The Morgan fingerprint density at radius 1 is 1.28 bits per heavy atom. The fourth-order valence-electron chi connectivity index (χ4n) is 2.55. The van der Waals surface area contributed by atoms with Crippen molar-refractivity contribution >= 4 is 21.9 Å². The fourth-order valence-corrected chi connectivity index (χ4v) is 4.18. The second-order valence-electron chi connectivity index (χ2n) is 6.06. The molecule has 1 aliphatic rings. The zero-order valence-electron chi connectivity index (χ0n) is 14.3. The van der Waals surface area contributed by atoms with Gasteiger partial charge in [-0.3, -0.25) is 4.79 Å². The van der Waals surface area contributed by atoms with Crippen LogP contribution < -0.4 is 5.73 Å². The monoisotopic (exact) mass is 370 g/mol. The molecule has 1 aromatic rings. The maximum atomic E-state index is 12.8. The molecule has 1 aliphatic heterocycles. The van der Waals surface area contributed by atoms with E-state index in [9.17, 15) is 18.0 Å². The minimum Gasteiger partial charge on any atom is -0.449 e. The van der Waals surface area contributed by atoms with Crippen LogP contribution in [0.2, 0.25) is 0 Å². The van der Waals surface area contributed by atoms with E-state index in [4.69, 9.17) is 15.2 Å². The van der Waals surface area contributed by atoms with Crippen LogP contribution in [0.15, 0.2) is 29.2 Å². The lowest BCUT2D eigenvalue weighted by molar-refractivity contribution is -0.125. The topological polar surface area (TPSA) is 116 Å². The summed E-state index contributed by atoms with van der Waals surface area (Å²) in [5.41, 5.74) is 5.09. The van der Waals surface area contributed by atoms with Gasteiger partial charge in [-0.25, -0.2) is 13.2 Å². The van der Waals surface area contributed by atoms with Gasteiger partial charge in [0.15, 0.2) is 6.10 Å². The van der Waals surface area contributed by atoms with Gasteiger partial charge in [0.05, 0.1) is 22.7 Å². The summed E-state index contributed by atoms with van der Waals surface area (Å²) >= 11 is 0. The van der Waals surface area contributed by atoms with E-state index in [-0.39, 0.29) is 35.8 Å². The molecule has 0 aromatic heterocycles. The molecule has 9 heteroatoms. The van der Waals surface area contributed by atoms with Gasteiger partial charge in [0.25, 0.3) is 5.91 Å². The van der Waals surface area contributed by atoms with E-state index in [0.717, 1.165) is 0 Å². The molecule has 1 amide bonds. The summed E-state index contributed by atoms with van der Waals surface area (Å²) in [6, 6.07) is 5.51. The third-order valence-corrected chi connectivity index (χ3v) is 5.61. The van der Waals surface area contributed by atoms with Gasteiger partial charge < -0.3 is 15.2 Å². The lowest BCUT2D eigenvalue weighted by Crippen LogP contribution is -2.48. The lowest BCUT2D eigenvalue weighted by atomic mass is 10.2. The minimum absolute atomic E-state index is 0.0185. The molecule has 25 heavy (non-hydrogen) atoms. The Balaban J connectivity index is 2.25. The number of carbonyl (C=O) groups is 2. The number of hydrogen-bond acceptors (Lipinski definition) is 6. The normalized spacial score (nSPS) is 23.0. The number of nitrogens with two attached hydrogens (primary N) is 1. The molecule has 1 aromatic carbocycles. The number of hydrogen-bond donors (Lipinski definition) is 1. The van der Waals surface area contributed by atoms with Gasteiger partial charge in [0.2, 0.25) is 10.0 Å². The Kier molecular flexibility index (Phi) is 5.81. The second-order valence-corrected chi connectivity index (χ2v) is 8.00. The number of sulfonamides is 1. The highest BCUT2D eigenvalue weighted by atomic mass is 32.2. The molecule has 3 atom stereocenters. The van der Waals surface area contributed by atoms with Crippen molar-refractivity contribution in [1.29, 1.82) is 0 Å². The summed E-state index contributed by atoms with van der Waals surface area (Å²) in [6.07, 6.45) is -1.54. The molecule has 2 N–H and O–H groups in total. The molecule has 0 radical (unpaired) electrons. The number of ether oxygens (including phenoxy) is 2. The predicted molar refractivity (Wildman–Crippen MR) is 89.3 cm³/mol. The number of esters is 1. The zero-order valence-corrected chi connectivity index (χ0v) is 15.2. The molecule has 0 aliphatic carbocycles. The molecule has 0 spiro atoms. The lowest BCUT2D eigenvalue weighted by Gasteiger charge is -2.34. The highest BCUT2D eigenvalue weighted by molar-refractivity contribution is 7.89. The van der Waals surface area contributed by atoms with E-state index < -0.39 is 28.0 Å². The number of primary amides is 1. The van der Waals surface area contributed by atoms with Gasteiger partial charge in [0.1, 0.15) is 0 Å². The van der Waals surface area contributed by atoms with E-state index in [1.807, 2.05) is 0 Å². The fraction of sp³-hybridized carbons (Fsp3) is 0.500. The molecular formula is C16H22N2O6S. The van der Waals surface area contributed by atoms with Crippen LogP contribution in [-0.4, -0.2) is 56.0 Å². The highest BCUT2D eigenvalue weighted by Gasteiger charge is 2.32. The van der Waals surface area contributed by atoms with Crippen molar-refractivity contribution in [1.82, 2.24) is 4.31 Å². The van der Waals surface area contributed by atoms with E-state index in [2.05, 4.69) is 0 Å². The molecule has 138 valence electrons. The van der Waals surface area contributed by atoms with E-state index >= 15 is 0 Å². The number of benzene rings is 1. The summed E-state index contributed by atoms with van der Waals surface area (Å²) in [4.78, 5) is 23.0. The summed E-state index contributed by atoms with van der Waals surface area (Å²) in [5, 5.41) is 0. The smallest absolute Gasteiger partial charge is 0.338 e. The summed E-state index contributed by atoms with van der Waals surface area (Å²) in [5.74, 6) is -1.60. The largest absolute Gasteiger partial charge is 0.449 e. The first-order valence-corrected chi connectivity index (χ1v) is 9.31. The number of carbonyl (C=O) groups excluding carboxylic acids is 2. The van der Waals surface area contributed by atoms with Crippen molar-refractivity contribution < 1.29 is 27.5 Å². The maximum absolute atomic E-state index is 12.8. The Labute approximate surface area is 146 Å². The molecule has 3 unspecified atom stereocenters. The molecule has 0 bridgehead atoms. The average molecular weight is 370 g/mol. The quantitative estimate of drug-likeness (QED) is 0.755. The van der Waals surface area contributed by atoms with Gasteiger partial charge in [-0.05, 0) is 39.0 Å². The number of amides is 1. The first-order valence-electron chi connectivity index (χ1n) is 7.87. The zero-order chi connectivity index (χ0) is 18.8.